The average molecular weight is 279 g/mol. The number of piperidine rings is 1. The Kier molecular flexibility index (Phi) is 5.26. The number of aliphatic hydroxyl groups excluding tert-OH is 1. The van der Waals surface area contributed by atoms with Crippen LogP contribution in [0.4, 0.5) is 0 Å². The molecule has 1 aliphatic heterocycles. The molecule has 4 nitrogen and oxygen atoms in total. The predicted octanol–water partition coefficient (Wildman–Crippen LogP) is 1.95. The highest BCUT2D eigenvalue weighted by molar-refractivity contribution is 5.40. The molecule has 4 heteroatoms. The molecule has 1 saturated heterocycles. The SMILES string of the molecule is CCN1CCC(O)C(Cc2cc(OC)ccc2OC)C1. The number of hydrogen-bond donors (Lipinski definition) is 1. The summed E-state index contributed by atoms with van der Waals surface area (Å²) in [4.78, 5) is 2.39. The zero-order valence-electron chi connectivity index (χ0n) is 12.6. The van der Waals surface area contributed by atoms with Crippen LogP contribution in [0.5, 0.6) is 11.5 Å². The summed E-state index contributed by atoms with van der Waals surface area (Å²) in [6.45, 7) is 5.14. The molecule has 112 valence electrons. The van der Waals surface area contributed by atoms with Gasteiger partial charge in [0.1, 0.15) is 11.5 Å². The van der Waals surface area contributed by atoms with E-state index in [0.717, 1.165) is 49.5 Å². The zero-order chi connectivity index (χ0) is 14.5. The van der Waals surface area contributed by atoms with Crippen molar-refractivity contribution in [2.24, 2.45) is 5.92 Å². The third-order valence-corrected chi connectivity index (χ3v) is 4.19. The molecular formula is C16H25NO3. The minimum absolute atomic E-state index is 0.228. The summed E-state index contributed by atoms with van der Waals surface area (Å²) in [7, 11) is 3.35. The molecule has 2 atom stereocenters. The normalized spacial score (nSPS) is 23.6. The number of nitrogens with zero attached hydrogens (tertiary/aromatic N) is 1. The summed E-state index contributed by atoms with van der Waals surface area (Å²) in [5.41, 5.74) is 1.11. The fourth-order valence-electron chi connectivity index (χ4n) is 2.91. The van der Waals surface area contributed by atoms with Gasteiger partial charge in [-0.2, -0.15) is 0 Å². The molecule has 0 saturated carbocycles. The van der Waals surface area contributed by atoms with E-state index in [9.17, 15) is 5.11 Å². The third kappa shape index (κ3) is 3.44. The molecule has 1 N–H and O–H groups in total. The van der Waals surface area contributed by atoms with Crippen LogP contribution in [0.2, 0.25) is 0 Å². The van der Waals surface area contributed by atoms with Gasteiger partial charge in [0, 0.05) is 19.0 Å². The van der Waals surface area contributed by atoms with Crippen molar-refractivity contribution in [3.05, 3.63) is 23.8 Å². The van der Waals surface area contributed by atoms with Crippen molar-refractivity contribution in [1.29, 1.82) is 0 Å². The summed E-state index contributed by atoms with van der Waals surface area (Å²) in [5.74, 6) is 1.95. The molecule has 1 heterocycles. The van der Waals surface area contributed by atoms with Crippen molar-refractivity contribution < 1.29 is 14.6 Å². The Morgan fingerprint density at radius 3 is 2.75 bits per heavy atom. The Bertz CT molecular complexity index is 436. The molecule has 0 aromatic heterocycles. The van der Waals surface area contributed by atoms with Crippen LogP contribution in [0, 0.1) is 5.92 Å². The van der Waals surface area contributed by atoms with E-state index in [1.807, 2.05) is 18.2 Å². The van der Waals surface area contributed by atoms with E-state index < -0.39 is 0 Å². The predicted molar refractivity (Wildman–Crippen MR) is 79.5 cm³/mol. The van der Waals surface area contributed by atoms with Gasteiger partial charge in [-0.15, -0.1) is 0 Å². The first-order chi connectivity index (χ1) is 9.67. The Morgan fingerprint density at radius 2 is 2.10 bits per heavy atom. The summed E-state index contributed by atoms with van der Waals surface area (Å²) < 4.78 is 10.7. The lowest BCUT2D eigenvalue weighted by Crippen LogP contribution is -2.43. The molecule has 0 spiro atoms. The summed E-state index contributed by atoms with van der Waals surface area (Å²) in [6, 6.07) is 5.84. The molecule has 1 aromatic rings. The van der Waals surface area contributed by atoms with Crippen LogP contribution in [0.3, 0.4) is 0 Å². The molecule has 0 aliphatic carbocycles. The quantitative estimate of drug-likeness (QED) is 0.894. The fourth-order valence-corrected chi connectivity index (χ4v) is 2.91. The molecule has 20 heavy (non-hydrogen) atoms. The highest BCUT2D eigenvalue weighted by atomic mass is 16.5. The molecule has 0 amide bonds. The van der Waals surface area contributed by atoms with Crippen LogP contribution in [0.15, 0.2) is 18.2 Å². The van der Waals surface area contributed by atoms with E-state index in [4.69, 9.17) is 9.47 Å². The number of likely N-dealkylation sites (tertiary alicyclic amines) is 1. The van der Waals surface area contributed by atoms with Crippen LogP contribution in [-0.2, 0) is 6.42 Å². The van der Waals surface area contributed by atoms with E-state index in [1.54, 1.807) is 14.2 Å². The van der Waals surface area contributed by atoms with Crippen LogP contribution in [-0.4, -0.2) is 50.0 Å². The van der Waals surface area contributed by atoms with Crippen molar-refractivity contribution in [1.82, 2.24) is 4.90 Å². The maximum Gasteiger partial charge on any atom is 0.122 e. The Hall–Kier alpha value is -1.26. The van der Waals surface area contributed by atoms with Gasteiger partial charge in [0.25, 0.3) is 0 Å². The first-order valence-electron chi connectivity index (χ1n) is 7.29. The first kappa shape index (κ1) is 15.1. The van der Waals surface area contributed by atoms with Crippen LogP contribution < -0.4 is 9.47 Å². The second kappa shape index (κ2) is 6.95. The van der Waals surface area contributed by atoms with E-state index in [1.165, 1.54) is 0 Å². The Morgan fingerprint density at radius 1 is 1.30 bits per heavy atom. The lowest BCUT2D eigenvalue weighted by atomic mass is 9.88. The second-order valence-electron chi connectivity index (χ2n) is 5.39. The van der Waals surface area contributed by atoms with Crippen LogP contribution in [0.25, 0.3) is 0 Å². The highest BCUT2D eigenvalue weighted by Crippen LogP contribution is 2.29. The topological polar surface area (TPSA) is 41.9 Å². The smallest absolute Gasteiger partial charge is 0.122 e. The summed E-state index contributed by atoms with van der Waals surface area (Å²) in [5, 5.41) is 10.2. The van der Waals surface area contributed by atoms with Gasteiger partial charge >= 0.3 is 0 Å². The Labute approximate surface area is 121 Å². The summed E-state index contributed by atoms with van der Waals surface area (Å²) >= 11 is 0. The molecule has 0 bridgehead atoms. The van der Waals surface area contributed by atoms with Crippen molar-refractivity contribution in [3.63, 3.8) is 0 Å². The molecule has 0 radical (unpaired) electrons. The van der Waals surface area contributed by atoms with Gasteiger partial charge in [0.05, 0.1) is 20.3 Å². The molecule has 1 aliphatic rings. The van der Waals surface area contributed by atoms with Gasteiger partial charge in [-0.05, 0) is 43.1 Å². The van der Waals surface area contributed by atoms with E-state index in [-0.39, 0.29) is 12.0 Å². The van der Waals surface area contributed by atoms with E-state index >= 15 is 0 Å². The second-order valence-corrected chi connectivity index (χ2v) is 5.39. The van der Waals surface area contributed by atoms with E-state index in [0.29, 0.717) is 0 Å². The van der Waals surface area contributed by atoms with Gasteiger partial charge in [0.2, 0.25) is 0 Å². The largest absolute Gasteiger partial charge is 0.497 e. The monoisotopic (exact) mass is 279 g/mol. The zero-order valence-corrected chi connectivity index (χ0v) is 12.6. The first-order valence-corrected chi connectivity index (χ1v) is 7.29. The molecule has 2 unspecified atom stereocenters. The van der Waals surface area contributed by atoms with Crippen molar-refractivity contribution >= 4 is 0 Å². The van der Waals surface area contributed by atoms with Crippen LogP contribution in [0.1, 0.15) is 18.9 Å². The van der Waals surface area contributed by atoms with Gasteiger partial charge in [0.15, 0.2) is 0 Å². The Balaban J connectivity index is 2.14. The molecule has 2 rings (SSSR count). The number of rotatable bonds is 5. The highest BCUT2D eigenvalue weighted by Gasteiger charge is 2.28. The number of benzene rings is 1. The van der Waals surface area contributed by atoms with Crippen LogP contribution >= 0.6 is 0 Å². The number of aliphatic hydroxyl groups is 1. The molecule has 1 aromatic carbocycles. The molecule has 1 fully saturated rings. The third-order valence-electron chi connectivity index (χ3n) is 4.19. The number of methoxy groups -OCH3 is 2. The van der Waals surface area contributed by atoms with Gasteiger partial charge in [-0.1, -0.05) is 6.92 Å². The maximum absolute atomic E-state index is 10.2. The van der Waals surface area contributed by atoms with Gasteiger partial charge in [-0.3, -0.25) is 0 Å². The number of hydrogen-bond acceptors (Lipinski definition) is 4. The molecular weight excluding hydrogens is 254 g/mol. The van der Waals surface area contributed by atoms with E-state index in [2.05, 4.69) is 11.8 Å². The average Bonchev–Trinajstić information content (AvgIpc) is 2.49. The summed E-state index contributed by atoms with van der Waals surface area (Å²) in [6.07, 6.45) is 1.44. The fraction of sp³-hybridized carbons (Fsp3) is 0.625. The lowest BCUT2D eigenvalue weighted by molar-refractivity contribution is 0.0288. The van der Waals surface area contributed by atoms with Gasteiger partial charge in [-0.25, -0.2) is 0 Å². The van der Waals surface area contributed by atoms with Crippen molar-refractivity contribution in [3.8, 4) is 11.5 Å². The van der Waals surface area contributed by atoms with Crippen molar-refractivity contribution in [2.75, 3.05) is 33.9 Å². The van der Waals surface area contributed by atoms with Crippen molar-refractivity contribution in [2.45, 2.75) is 25.9 Å². The van der Waals surface area contributed by atoms with Gasteiger partial charge < -0.3 is 19.5 Å². The standard InChI is InChI=1S/C16H25NO3/c1-4-17-8-7-15(18)13(11-17)9-12-10-14(19-2)5-6-16(12)20-3/h5-6,10,13,15,18H,4,7-9,11H2,1-3H3. The minimum Gasteiger partial charge on any atom is -0.497 e. The lowest BCUT2D eigenvalue weighted by Gasteiger charge is -2.35. The number of ether oxygens (including phenoxy) is 2. The maximum atomic E-state index is 10.2. The minimum atomic E-state index is -0.228.